The molecule has 0 unspecified atom stereocenters. The van der Waals surface area contributed by atoms with Crippen LogP contribution in [0.5, 0.6) is 5.75 Å². The highest BCUT2D eigenvalue weighted by molar-refractivity contribution is 7.15. The van der Waals surface area contributed by atoms with Gasteiger partial charge in [-0.15, -0.1) is 10.2 Å². The fourth-order valence-corrected chi connectivity index (χ4v) is 2.08. The van der Waals surface area contributed by atoms with Crippen molar-refractivity contribution in [2.24, 2.45) is 0 Å². The van der Waals surface area contributed by atoms with E-state index >= 15 is 0 Å². The van der Waals surface area contributed by atoms with E-state index in [0.29, 0.717) is 10.8 Å². The molecule has 0 radical (unpaired) electrons. The molecule has 2 aromatic rings. The molecule has 2 N–H and O–H groups in total. The van der Waals surface area contributed by atoms with Crippen molar-refractivity contribution < 1.29 is 9.90 Å². The Hall–Kier alpha value is -2.15. The molecule has 1 aromatic carbocycles. The Morgan fingerprint density at radius 1 is 1.37 bits per heavy atom. The standard InChI is InChI=1S/C12H14N4O2S/c1-3-10-14-15-11(19-10)13-12(18)16(2)8-4-6-9(17)7-5-8/h4-7,17H,3H2,1-2H3,(H,13,15,18). The second-order valence-corrected chi connectivity index (χ2v) is 4.92. The molecule has 100 valence electrons. The molecule has 0 aliphatic heterocycles. The Kier molecular flexibility index (Phi) is 3.96. The number of hydrogen-bond donors (Lipinski definition) is 2. The molecular weight excluding hydrogens is 264 g/mol. The first-order valence-electron chi connectivity index (χ1n) is 5.76. The number of hydrogen-bond acceptors (Lipinski definition) is 5. The van der Waals surface area contributed by atoms with E-state index in [1.807, 2.05) is 6.92 Å². The number of urea groups is 1. The number of phenolic OH excluding ortho intramolecular Hbond substituents is 1. The van der Waals surface area contributed by atoms with Crippen LogP contribution < -0.4 is 10.2 Å². The monoisotopic (exact) mass is 278 g/mol. The van der Waals surface area contributed by atoms with Gasteiger partial charge >= 0.3 is 6.03 Å². The third kappa shape index (κ3) is 3.19. The minimum absolute atomic E-state index is 0.161. The van der Waals surface area contributed by atoms with Gasteiger partial charge in [0, 0.05) is 12.7 Å². The molecule has 7 heteroatoms. The number of phenols is 1. The van der Waals surface area contributed by atoms with E-state index < -0.39 is 0 Å². The molecule has 0 spiro atoms. The van der Waals surface area contributed by atoms with Crippen LogP contribution in [0.3, 0.4) is 0 Å². The number of nitrogens with zero attached hydrogens (tertiary/aromatic N) is 3. The number of amides is 2. The number of aromatic nitrogens is 2. The molecule has 2 rings (SSSR count). The normalized spacial score (nSPS) is 10.2. The van der Waals surface area contributed by atoms with Crippen LogP contribution in [0.4, 0.5) is 15.6 Å². The minimum atomic E-state index is -0.301. The molecule has 0 atom stereocenters. The topological polar surface area (TPSA) is 78.4 Å². The zero-order valence-corrected chi connectivity index (χ0v) is 11.4. The highest BCUT2D eigenvalue weighted by Crippen LogP contribution is 2.19. The number of nitrogens with one attached hydrogen (secondary N) is 1. The Balaban J connectivity index is 2.04. The van der Waals surface area contributed by atoms with Gasteiger partial charge in [-0.2, -0.15) is 0 Å². The predicted molar refractivity (Wildman–Crippen MR) is 74.8 cm³/mol. The maximum Gasteiger partial charge on any atom is 0.327 e. The third-order valence-electron chi connectivity index (χ3n) is 2.52. The van der Waals surface area contributed by atoms with Crippen molar-refractivity contribution in [1.29, 1.82) is 0 Å². The number of rotatable bonds is 3. The van der Waals surface area contributed by atoms with E-state index in [1.54, 1.807) is 19.2 Å². The van der Waals surface area contributed by atoms with E-state index in [-0.39, 0.29) is 11.8 Å². The number of carbonyl (C=O) groups is 1. The second kappa shape index (κ2) is 5.66. The second-order valence-electron chi connectivity index (χ2n) is 3.86. The molecule has 1 aromatic heterocycles. The molecule has 0 saturated carbocycles. The van der Waals surface area contributed by atoms with Gasteiger partial charge in [0.05, 0.1) is 0 Å². The Morgan fingerprint density at radius 3 is 2.63 bits per heavy atom. The van der Waals surface area contributed by atoms with Gasteiger partial charge in [0.2, 0.25) is 5.13 Å². The Labute approximate surface area is 114 Å². The van der Waals surface area contributed by atoms with E-state index in [4.69, 9.17) is 0 Å². The van der Waals surface area contributed by atoms with E-state index in [1.165, 1.54) is 28.4 Å². The molecule has 2 amide bonds. The van der Waals surface area contributed by atoms with Gasteiger partial charge in [-0.25, -0.2) is 4.79 Å². The van der Waals surface area contributed by atoms with Crippen molar-refractivity contribution in [2.75, 3.05) is 17.3 Å². The SMILES string of the molecule is CCc1nnc(NC(=O)N(C)c2ccc(O)cc2)s1. The number of anilines is 2. The van der Waals surface area contributed by atoms with Crippen molar-refractivity contribution in [2.45, 2.75) is 13.3 Å². The van der Waals surface area contributed by atoms with Crippen LogP contribution >= 0.6 is 11.3 Å². The molecule has 1 heterocycles. The summed E-state index contributed by atoms with van der Waals surface area (Å²) in [4.78, 5) is 13.4. The highest BCUT2D eigenvalue weighted by atomic mass is 32.1. The van der Waals surface area contributed by atoms with Gasteiger partial charge in [-0.05, 0) is 30.7 Å². The van der Waals surface area contributed by atoms with Gasteiger partial charge in [-0.3, -0.25) is 10.2 Å². The third-order valence-corrected chi connectivity index (χ3v) is 3.51. The molecule has 0 aliphatic rings. The average Bonchev–Trinajstić information content (AvgIpc) is 2.86. The van der Waals surface area contributed by atoms with Crippen LogP contribution in [0.2, 0.25) is 0 Å². The minimum Gasteiger partial charge on any atom is -0.508 e. The summed E-state index contributed by atoms with van der Waals surface area (Å²) >= 11 is 1.36. The van der Waals surface area contributed by atoms with Gasteiger partial charge in [-0.1, -0.05) is 18.3 Å². The summed E-state index contributed by atoms with van der Waals surface area (Å²) in [6.07, 6.45) is 0.793. The van der Waals surface area contributed by atoms with Crippen LogP contribution in [0.25, 0.3) is 0 Å². The summed E-state index contributed by atoms with van der Waals surface area (Å²) in [6, 6.07) is 6.07. The number of aryl methyl sites for hydroxylation is 1. The Bertz CT molecular complexity index is 567. The summed E-state index contributed by atoms with van der Waals surface area (Å²) in [5, 5.41) is 21.1. The summed E-state index contributed by atoms with van der Waals surface area (Å²) in [6.45, 7) is 1.98. The zero-order valence-electron chi connectivity index (χ0n) is 10.6. The molecule has 0 bridgehead atoms. The fraction of sp³-hybridized carbons (Fsp3) is 0.250. The highest BCUT2D eigenvalue weighted by Gasteiger charge is 2.13. The van der Waals surface area contributed by atoms with E-state index in [0.717, 1.165) is 11.4 Å². The van der Waals surface area contributed by atoms with Crippen LogP contribution in [-0.4, -0.2) is 28.4 Å². The fourth-order valence-electron chi connectivity index (χ4n) is 1.42. The molecular formula is C12H14N4O2S. The molecule has 0 saturated heterocycles. The van der Waals surface area contributed by atoms with Crippen molar-refractivity contribution >= 4 is 28.2 Å². The lowest BCUT2D eigenvalue weighted by Gasteiger charge is -2.16. The van der Waals surface area contributed by atoms with Crippen LogP contribution in [0.1, 0.15) is 11.9 Å². The lowest BCUT2D eigenvalue weighted by Crippen LogP contribution is -2.31. The van der Waals surface area contributed by atoms with E-state index in [2.05, 4.69) is 15.5 Å². The first-order valence-corrected chi connectivity index (χ1v) is 6.58. The maximum absolute atomic E-state index is 12.0. The van der Waals surface area contributed by atoms with Crippen LogP contribution in [0.15, 0.2) is 24.3 Å². The first kappa shape index (κ1) is 13.3. The average molecular weight is 278 g/mol. The number of carbonyl (C=O) groups excluding carboxylic acids is 1. The van der Waals surface area contributed by atoms with Crippen molar-refractivity contribution in [3.05, 3.63) is 29.3 Å². The maximum atomic E-state index is 12.0. The molecule has 0 aliphatic carbocycles. The lowest BCUT2D eigenvalue weighted by molar-refractivity contribution is 0.258. The smallest absolute Gasteiger partial charge is 0.327 e. The number of aromatic hydroxyl groups is 1. The quantitative estimate of drug-likeness (QED) is 0.904. The molecule has 0 fully saturated rings. The van der Waals surface area contributed by atoms with E-state index in [9.17, 15) is 9.90 Å². The van der Waals surface area contributed by atoms with Crippen LogP contribution in [0, 0.1) is 0 Å². The summed E-state index contributed by atoms with van der Waals surface area (Å²) < 4.78 is 0. The predicted octanol–water partition coefficient (Wildman–Crippen LogP) is 2.47. The largest absolute Gasteiger partial charge is 0.508 e. The zero-order chi connectivity index (χ0) is 13.8. The van der Waals surface area contributed by atoms with Crippen LogP contribution in [-0.2, 0) is 6.42 Å². The van der Waals surface area contributed by atoms with Crippen molar-refractivity contribution in [3.8, 4) is 5.75 Å². The molecule has 6 nitrogen and oxygen atoms in total. The van der Waals surface area contributed by atoms with Crippen molar-refractivity contribution in [1.82, 2.24) is 10.2 Å². The summed E-state index contributed by atoms with van der Waals surface area (Å²) in [5.74, 6) is 0.161. The van der Waals surface area contributed by atoms with Gasteiger partial charge < -0.3 is 5.11 Å². The lowest BCUT2D eigenvalue weighted by atomic mass is 10.3. The number of benzene rings is 1. The van der Waals surface area contributed by atoms with Crippen molar-refractivity contribution in [3.63, 3.8) is 0 Å². The first-order chi connectivity index (χ1) is 9.10. The summed E-state index contributed by atoms with van der Waals surface area (Å²) in [5.41, 5.74) is 0.676. The van der Waals surface area contributed by atoms with Gasteiger partial charge in [0.1, 0.15) is 10.8 Å². The van der Waals surface area contributed by atoms with Gasteiger partial charge in [0.25, 0.3) is 0 Å². The van der Waals surface area contributed by atoms with Gasteiger partial charge in [0.15, 0.2) is 0 Å². The summed E-state index contributed by atoms with van der Waals surface area (Å²) in [7, 11) is 1.64. The Morgan fingerprint density at radius 2 is 2.05 bits per heavy atom. The molecule has 19 heavy (non-hydrogen) atoms.